The van der Waals surface area contributed by atoms with Crippen molar-refractivity contribution in [3.63, 3.8) is 0 Å². The molecule has 2 fully saturated rings. The zero-order valence-electron chi connectivity index (χ0n) is 36.1. The third-order valence-electron chi connectivity index (χ3n) is 13.3. The second kappa shape index (κ2) is 20.7. The Kier molecular flexibility index (Phi) is 16.0. The van der Waals surface area contributed by atoms with E-state index >= 15 is 0 Å². The van der Waals surface area contributed by atoms with E-state index in [0.717, 1.165) is 0 Å². The van der Waals surface area contributed by atoms with Gasteiger partial charge in [0.25, 0.3) is 0 Å². The molecule has 8 aromatic carbocycles. The van der Waals surface area contributed by atoms with Gasteiger partial charge in [0.15, 0.2) is 0 Å². The maximum atomic E-state index is 2.47. The number of benzene rings is 6. The Morgan fingerprint density at radius 3 is 1.23 bits per heavy atom. The van der Waals surface area contributed by atoms with Crippen LogP contribution in [0.1, 0.15) is 89.2 Å². The van der Waals surface area contributed by atoms with Gasteiger partial charge in [-0.05, 0) is 107 Å². The first-order valence-electron chi connectivity index (χ1n) is 22.1. The normalized spacial score (nSPS) is 14.8. The number of halogens is 2. The van der Waals surface area contributed by atoms with Gasteiger partial charge in [-0.2, -0.15) is 12.1 Å². The molecule has 2 saturated carbocycles. The van der Waals surface area contributed by atoms with Crippen molar-refractivity contribution < 1.29 is 48.1 Å². The molecule has 4 heteroatoms. The van der Waals surface area contributed by atoms with E-state index in [2.05, 4.69) is 173 Å². The number of rotatable bonds is 10. The van der Waals surface area contributed by atoms with Crippen LogP contribution in [0.25, 0.3) is 65.3 Å². The molecule has 10 rings (SSSR count). The number of hydrogen-bond donors (Lipinski definition) is 0. The summed E-state index contributed by atoms with van der Waals surface area (Å²) in [6.07, 6.45) is 16.4. The Balaban J connectivity index is 0.000000179. The second-order valence-electron chi connectivity index (χ2n) is 18.0. The third-order valence-corrected chi connectivity index (χ3v) is 13.3. The van der Waals surface area contributed by atoms with Gasteiger partial charge in [-0.15, -0.1) is 69.1 Å². The van der Waals surface area contributed by atoms with E-state index in [0.29, 0.717) is 10.8 Å². The molecule has 0 aliphatic heterocycles. The molecular weight excluding hydrogens is 863 g/mol. The predicted molar refractivity (Wildman–Crippen MR) is 252 cm³/mol. The van der Waals surface area contributed by atoms with Crippen LogP contribution in [0, 0.1) is 10.8 Å². The zero-order chi connectivity index (χ0) is 40.1. The summed E-state index contributed by atoms with van der Waals surface area (Å²) in [6, 6.07) is 54.3. The van der Waals surface area contributed by atoms with Crippen LogP contribution in [0.3, 0.4) is 0 Å². The van der Waals surface area contributed by atoms with Crippen LogP contribution in [-0.4, -0.2) is 5.43 Å². The fraction of sp³-hybridized carbons (Fsp3) is 0.321. The Morgan fingerprint density at radius 2 is 0.883 bits per heavy atom. The molecule has 2 aliphatic carbocycles. The summed E-state index contributed by atoms with van der Waals surface area (Å²) in [4.78, 5) is 0. The van der Waals surface area contributed by atoms with Gasteiger partial charge < -0.3 is 24.8 Å². The van der Waals surface area contributed by atoms with Gasteiger partial charge in [0.1, 0.15) is 0 Å². The van der Waals surface area contributed by atoms with Crippen LogP contribution in [-0.2, 0) is 36.2 Å². The largest absolute Gasteiger partial charge is 1.00 e. The average molecular weight is 923 g/mol. The monoisotopic (exact) mass is 920 g/mol. The molecule has 8 aromatic rings. The molecule has 308 valence electrons. The fourth-order valence-corrected chi connectivity index (χ4v) is 10.3. The van der Waals surface area contributed by atoms with E-state index in [-0.39, 0.29) is 30.2 Å². The van der Waals surface area contributed by atoms with Gasteiger partial charge in [-0.25, -0.2) is 0 Å². The summed E-state index contributed by atoms with van der Waals surface area (Å²) < 4.78 is 0. The predicted octanol–water partition coefficient (Wildman–Crippen LogP) is 10.6. The minimum atomic E-state index is 0. The van der Waals surface area contributed by atoms with Crippen molar-refractivity contribution in [2.24, 2.45) is 10.8 Å². The van der Waals surface area contributed by atoms with Crippen LogP contribution in [0.2, 0.25) is 13.1 Å². The summed E-state index contributed by atoms with van der Waals surface area (Å²) in [7, 11) is 0. The molecule has 0 radical (unpaired) electrons. The smallest absolute Gasteiger partial charge is 1.00 e. The molecule has 0 heterocycles. The number of hydrogen-bond acceptors (Lipinski definition) is 0. The van der Waals surface area contributed by atoms with E-state index < -0.39 is 0 Å². The topological polar surface area (TPSA) is 0 Å². The molecule has 0 spiro atoms. The molecule has 0 bridgehead atoms. The van der Waals surface area contributed by atoms with Crippen molar-refractivity contribution >= 4 is 48.5 Å². The molecule has 0 atom stereocenters. The minimum absolute atomic E-state index is 0. The van der Waals surface area contributed by atoms with Gasteiger partial charge in [0.05, 0.1) is 0 Å². The molecule has 60 heavy (non-hydrogen) atoms. The third kappa shape index (κ3) is 10.5. The first kappa shape index (κ1) is 46.2. The van der Waals surface area contributed by atoms with Gasteiger partial charge in [0.2, 0.25) is 0 Å². The Hall–Kier alpha value is -3.26. The van der Waals surface area contributed by atoms with Crippen molar-refractivity contribution in [2.75, 3.05) is 0 Å². The molecular formula is C56H60Cl2SiZr-2. The van der Waals surface area contributed by atoms with E-state index in [9.17, 15) is 0 Å². The van der Waals surface area contributed by atoms with Gasteiger partial charge in [-0.3, -0.25) is 0 Å². The summed E-state index contributed by atoms with van der Waals surface area (Å²) in [5.41, 5.74) is 9.82. The van der Waals surface area contributed by atoms with Crippen LogP contribution in [0.5, 0.6) is 0 Å². The molecule has 0 aromatic heterocycles. The van der Waals surface area contributed by atoms with Crippen molar-refractivity contribution in [3.05, 3.63) is 157 Å². The quantitative estimate of drug-likeness (QED) is 0.0947. The van der Waals surface area contributed by atoms with Gasteiger partial charge >= 0.3 is 41.9 Å². The summed E-state index contributed by atoms with van der Waals surface area (Å²) in [5, 5.41) is 10.8. The first-order chi connectivity index (χ1) is 28.3. The van der Waals surface area contributed by atoms with E-state index in [4.69, 9.17) is 0 Å². The molecule has 0 nitrogen and oxygen atoms in total. The van der Waals surface area contributed by atoms with Crippen LogP contribution in [0.15, 0.2) is 146 Å². The second-order valence-corrected chi connectivity index (χ2v) is 27.4. The van der Waals surface area contributed by atoms with E-state index in [1.807, 2.05) is 0 Å². The maximum absolute atomic E-state index is 2.47. The standard InChI is InChI=1S/2C27H27.C2H6Si.2ClH.Zr/c2*1-2-13-27(14-6-15-27)19-20-16-23-9-5-10-25(26(23)17-20)24-12-11-21-7-3-4-8-22(21)18-24;1-3-2;;;/h2*3-5,7-12,16-18H,2,6,13-15,19H2,1H3;1-2H3;2*1H;/q2*-1;;;;+2/p-2. The van der Waals surface area contributed by atoms with Crippen molar-refractivity contribution in [3.8, 4) is 22.3 Å². The van der Waals surface area contributed by atoms with Crippen molar-refractivity contribution in [1.29, 1.82) is 0 Å². The Morgan fingerprint density at radius 1 is 0.500 bits per heavy atom. The van der Waals surface area contributed by atoms with Crippen LogP contribution < -0.4 is 24.8 Å². The molecule has 0 saturated heterocycles. The maximum Gasteiger partial charge on any atom is -1.00 e. The average Bonchev–Trinajstić information content (AvgIpc) is 3.82. The molecule has 0 amide bonds. The Bertz CT molecular complexity index is 2490. The van der Waals surface area contributed by atoms with Crippen molar-refractivity contribution in [2.45, 2.75) is 104 Å². The van der Waals surface area contributed by atoms with E-state index in [1.54, 1.807) is 23.3 Å². The van der Waals surface area contributed by atoms with Gasteiger partial charge in [0, 0.05) is 0 Å². The summed E-state index contributed by atoms with van der Waals surface area (Å²) >= 11 is 1.74. The number of fused-ring (bicyclic) bond motifs is 4. The SMILES string of the molecule is CCCC1(Cc2cc3c(-c4ccc5ccccc5c4)cccc3[cH-]2)CCC1.CCCC1(Cc2cc3c(-c4ccc5ccccc5c4)cccc3[cH-]2)CCC1.C[Si](C)=[Zr+2].[Cl-].[Cl-]. The van der Waals surface area contributed by atoms with Crippen LogP contribution in [0.4, 0.5) is 0 Å². The summed E-state index contributed by atoms with van der Waals surface area (Å²) in [6.45, 7) is 9.28. The fourth-order valence-electron chi connectivity index (χ4n) is 10.3. The zero-order valence-corrected chi connectivity index (χ0v) is 41.1. The molecule has 0 unspecified atom stereocenters. The van der Waals surface area contributed by atoms with Crippen LogP contribution >= 0.6 is 0 Å². The molecule has 0 N–H and O–H groups in total. The molecule has 2 aliphatic rings. The van der Waals surface area contributed by atoms with Gasteiger partial charge in [-0.1, -0.05) is 136 Å². The Labute approximate surface area is 387 Å². The minimum Gasteiger partial charge on any atom is -1.00 e. The van der Waals surface area contributed by atoms with Crippen molar-refractivity contribution in [1.82, 2.24) is 0 Å². The first-order valence-corrected chi connectivity index (χ1v) is 28.3. The van der Waals surface area contributed by atoms with E-state index in [1.165, 1.54) is 154 Å². The summed E-state index contributed by atoms with van der Waals surface area (Å²) in [5.74, 6) is 0.